The van der Waals surface area contributed by atoms with Crippen molar-refractivity contribution < 1.29 is 0 Å². The third-order valence-electron chi connectivity index (χ3n) is 2.23. The van der Waals surface area contributed by atoms with E-state index in [1.165, 1.54) is 24.2 Å². The topological polar surface area (TPSA) is 124 Å². The van der Waals surface area contributed by atoms with Crippen molar-refractivity contribution in [2.45, 2.75) is 23.5 Å². The second-order valence-electron chi connectivity index (χ2n) is 3.47. The second kappa shape index (κ2) is 5.05. The monoisotopic (exact) mass is 264 g/mol. The Morgan fingerprint density at radius 1 is 1.39 bits per heavy atom. The number of nitrogens with two attached hydrogens (primary N) is 2. The minimum atomic E-state index is -0.301. The van der Waals surface area contributed by atoms with E-state index in [0.29, 0.717) is 22.4 Å². The van der Waals surface area contributed by atoms with E-state index < -0.39 is 0 Å². The molecule has 2 rings (SSSR count). The molecule has 2 heterocycles. The molecule has 8 heteroatoms. The highest BCUT2D eigenvalue weighted by Gasteiger charge is 2.10. The van der Waals surface area contributed by atoms with Crippen LogP contribution in [0.3, 0.4) is 0 Å². The summed E-state index contributed by atoms with van der Waals surface area (Å²) in [7, 11) is 0. The molecule has 0 saturated heterocycles. The van der Waals surface area contributed by atoms with Crippen LogP contribution in [0.15, 0.2) is 27.4 Å². The lowest BCUT2D eigenvalue weighted by molar-refractivity contribution is 0.918. The Kier molecular flexibility index (Phi) is 3.47. The molecule has 0 fully saturated rings. The fourth-order valence-corrected chi connectivity index (χ4v) is 2.38. The average molecular weight is 264 g/mol. The highest BCUT2D eigenvalue weighted by Crippen LogP contribution is 2.27. The lowest BCUT2D eigenvalue weighted by atomic mass is 10.2. The molecule has 0 aliphatic heterocycles. The molecule has 18 heavy (non-hydrogen) atoms. The Balaban J connectivity index is 2.39. The molecule has 0 aliphatic carbocycles. The van der Waals surface area contributed by atoms with Crippen LogP contribution in [-0.4, -0.2) is 19.9 Å². The molecular weight excluding hydrogens is 252 g/mol. The van der Waals surface area contributed by atoms with Crippen molar-refractivity contribution >= 4 is 23.4 Å². The van der Waals surface area contributed by atoms with Gasteiger partial charge in [0, 0.05) is 11.6 Å². The van der Waals surface area contributed by atoms with E-state index in [1.807, 2.05) is 6.92 Å². The van der Waals surface area contributed by atoms with Crippen molar-refractivity contribution in [3.05, 3.63) is 28.3 Å². The van der Waals surface area contributed by atoms with Crippen LogP contribution in [-0.2, 0) is 6.42 Å². The highest BCUT2D eigenvalue weighted by molar-refractivity contribution is 7.99. The summed E-state index contributed by atoms with van der Waals surface area (Å²) in [6.07, 6.45) is 2.07. The van der Waals surface area contributed by atoms with Gasteiger partial charge in [-0.3, -0.25) is 4.79 Å². The first-order valence-corrected chi connectivity index (χ1v) is 6.06. The summed E-state index contributed by atoms with van der Waals surface area (Å²) in [5, 5.41) is 1.05. The molecule has 0 aliphatic rings. The minimum absolute atomic E-state index is 0.168. The average Bonchev–Trinajstić information content (AvgIpc) is 2.27. The lowest BCUT2D eigenvalue weighted by Crippen LogP contribution is -2.09. The molecule has 7 nitrogen and oxygen atoms in total. The predicted octanol–water partition coefficient (Wildman–Crippen LogP) is 0.438. The van der Waals surface area contributed by atoms with Gasteiger partial charge in [0.05, 0.1) is 0 Å². The fraction of sp³-hybridized carbons (Fsp3) is 0.200. The van der Waals surface area contributed by atoms with Crippen molar-refractivity contribution in [1.82, 2.24) is 19.9 Å². The van der Waals surface area contributed by atoms with Gasteiger partial charge in [0.15, 0.2) is 5.16 Å². The third kappa shape index (κ3) is 2.59. The first kappa shape index (κ1) is 12.4. The first-order chi connectivity index (χ1) is 8.60. The number of aromatic amines is 1. The van der Waals surface area contributed by atoms with Crippen molar-refractivity contribution in [2.24, 2.45) is 0 Å². The number of hydrogen-bond acceptors (Lipinski definition) is 7. The van der Waals surface area contributed by atoms with E-state index >= 15 is 0 Å². The van der Waals surface area contributed by atoms with Crippen molar-refractivity contribution in [3.63, 3.8) is 0 Å². The molecule has 2 aromatic rings. The van der Waals surface area contributed by atoms with Crippen molar-refractivity contribution in [2.75, 3.05) is 11.5 Å². The normalized spacial score (nSPS) is 10.5. The standard InChI is InChI=1S/C10H12N6OS/c1-2-5-8(12)13-4-14-9(5)18-10-15-6(11)3-7(17)16-10/h3-4H,2H2,1H3,(H2,12,13,14)(H3,11,15,16,17). The number of H-pyrrole nitrogens is 1. The largest absolute Gasteiger partial charge is 0.383 e. The summed E-state index contributed by atoms with van der Waals surface area (Å²) in [6.45, 7) is 1.95. The van der Waals surface area contributed by atoms with Gasteiger partial charge in [-0.25, -0.2) is 15.0 Å². The van der Waals surface area contributed by atoms with Gasteiger partial charge in [-0.15, -0.1) is 0 Å². The number of anilines is 2. The molecule has 0 aromatic carbocycles. The lowest BCUT2D eigenvalue weighted by Gasteiger charge is -2.07. The highest BCUT2D eigenvalue weighted by atomic mass is 32.2. The molecular formula is C10H12N6OS. The van der Waals surface area contributed by atoms with E-state index in [9.17, 15) is 4.79 Å². The van der Waals surface area contributed by atoms with Crippen LogP contribution in [0.2, 0.25) is 0 Å². The summed E-state index contributed by atoms with van der Waals surface area (Å²) in [4.78, 5) is 25.9. The smallest absolute Gasteiger partial charge is 0.253 e. The van der Waals surface area contributed by atoms with Gasteiger partial charge in [0.1, 0.15) is 23.0 Å². The van der Waals surface area contributed by atoms with Crippen LogP contribution in [0.25, 0.3) is 0 Å². The van der Waals surface area contributed by atoms with Crippen LogP contribution in [0.1, 0.15) is 12.5 Å². The zero-order valence-electron chi connectivity index (χ0n) is 9.67. The van der Waals surface area contributed by atoms with Crippen molar-refractivity contribution in [3.8, 4) is 0 Å². The number of hydrogen-bond donors (Lipinski definition) is 3. The number of rotatable bonds is 3. The maximum absolute atomic E-state index is 11.3. The van der Waals surface area contributed by atoms with Crippen LogP contribution < -0.4 is 17.0 Å². The predicted molar refractivity (Wildman–Crippen MR) is 69.2 cm³/mol. The molecule has 0 saturated carbocycles. The SMILES string of the molecule is CCc1c(N)ncnc1Sc1nc(N)cc(=O)[nH]1. The van der Waals surface area contributed by atoms with Gasteiger partial charge in [-0.1, -0.05) is 6.92 Å². The fourth-order valence-electron chi connectivity index (χ4n) is 1.42. The van der Waals surface area contributed by atoms with Crippen LogP contribution in [0.5, 0.6) is 0 Å². The Morgan fingerprint density at radius 3 is 2.83 bits per heavy atom. The van der Waals surface area contributed by atoms with Crippen molar-refractivity contribution in [1.29, 1.82) is 0 Å². The summed E-state index contributed by atoms with van der Waals surface area (Å²) in [6, 6.07) is 1.22. The van der Waals surface area contributed by atoms with Gasteiger partial charge in [0.25, 0.3) is 5.56 Å². The molecule has 0 spiro atoms. The van der Waals surface area contributed by atoms with E-state index in [-0.39, 0.29) is 11.4 Å². The summed E-state index contributed by atoms with van der Waals surface area (Å²) >= 11 is 1.20. The number of nitrogens with zero attached hydrogens (tertiary/aromatic N) is 3. The van der Waals surface area contributed by atoms with Crippen LogP contribution in [0.4, 0.5) is 11.6 Å². The maximum Gasteiger partial charge on any atom is 0.253 e. The number of aromatic nitrogens is 4. The Bertz CT molecular complexity index is 626. The molecule has 0 amide bonds. The van der Waals surface area contributed by atoms with E-state index in [2.05, 4.69) is 19.9 Å². The molecule has 2 aromatic heterocycles. The van der Waals surface area contributed by atoms with Gasteiger partial charge < -0.3 is 16.5 Å². The van der Waals surface area contributed by atoms with Gasteiger partial charge in [-0.2, -0.15) is 0 Å². The Hall–Kier alpha value is -2.09. The molecule has 94 valence electrons. The second-order valence-corrected chi connectivity index (χ2v) is 4.45. The zero-order chi connectivity index (χ0) is 13.1. The third-order valence-corrected chi connectivity index (χ3v) is 3.16. The van der Waals surface area contributed by atoms with Crippen LogP contribution in [0, 0.1) is 0 Å². The van der Waals surface area contributed by atoms with E-state index in [1.54, 1.807) is 0 Å². The van der Waals surface area contributed by atoms with Gasteiger partial charge in [0.2, 0.25) is 0 Å². The molecule has 5 N–H and O–H groups in total. The quantitative estimate of drug-likeness (QED) is 0.542. The summed E-state index contributed by atoms with van der Waals surface area (Å²) in [5.41, 5.74) is 11.8. The Morgan fingerprint density at radius 2 is 2.17 bits per heavy atom. The molecule has 0 unspecified atom stereocenters. The zero-order valence-corrected chi connectivity index (χ0v) is 10.5. The molecule has 0 radical (unpaired) electrons. The van der Waals surface area contributed by atoms with Gasteiger partial charge in [-0.05, 0) is 18.2 Å². The van der Waals surface area contributed by atoms with E-state index in [4.69, 9.17) is 11.5 Å². The molecule has 0 atom stereocenters. The molecule has 0 bridgehead atoms. The summed E-state index contributed by atoms with van der Waals surface area (Å²) < 4.78 is 0. The maximum atomic E-state index is 11.3. The first-order valence-electron chi connectivity index (χ1n) is 5.24. The number of nitrogen functional groups attached to an aromatic ring is 2. The minimum Gasteiger partial charge on any atom is -0.383 e. The van der Waals surface area contributed by atoms with Gasteiger partial charge >= 0.3 is 0 Å². The Labute approximate surface area is 107 Å². The van der Waals surface area contributed by atoms with E-state index in [0.717, 1.165) is 5.56 Å². The summed E-state index contributed by atoms with van der Waals surface area (Å²) in [5.74, 6) is 0.600. The number of nitrogens with one attached hydrogen (secondary N) is 1. The van der Waals surface area contributed by atoms with Crippen LogP contribution >= 0.6 is 11.8 Å².